The Hall–Kier alpha value is -3.19. The van der Waals surface area contributed by atoms with Gasteiger partial charge >= 0.3 is 0 Å². The molecule has 1 spiro atoms. The molecular weight excluding hydrogens is 369 g/mol. The molecule has 1 aromatic heterocycles. The minimum atomic E-state index is -0.339. The van der Waals surface area contributed by atoms with E-state index in [2.05, 4.69) is 22.2 Å². The number of amides is 1. The topological polar surface area (TPSA) is 95.3 Å². The Kier molecular flexibility index (Phi) is 3.96. The first-order valence-corrected chi connectivity index (χ1v) is 9.72. The first kappa shape index (κ1) is 17.9. The molecule has 0 bridgehead atoms. The van der Waals surface area contributed by atoms with Gasteiger partial charge in [-0.3, -0.25) is 4.79 Å². The lowest BCUT2D eigenvalue weighted by Crippen LogP contribution is -2.64. The summed E-state index contributed by atoms with van der Waals surface area (Å²) in [4.78, 5) is 20.9. The van der Waals surface area contributed by atoms with Gasteiger partial charge in [-0.1, -0.05) is 18.7 Å². The highest BCUT2D eigenvalue weighted by Gasteiger charge is 2.48. The van der Waals surface area contributed by atoms with Gasteiger partial charge in [-0.15, -0.1) is 0 Å². The van der Waals surface area contributed by atoms with Gasteiger partial charge in [-0.05, 0) is 42.3 Å². The Bertz CT molecular complexity index is 1110. The second-order valence-electron chi connectivity index (χ2n) is 7.90. The Morgan fingerprint density at radius 1 is 1.28 bits per heavy atom. The van der Waals surface area contributed by atoms with E-state index in [1.165, 1.54) is 12.1 Å². The molecular formula is C22H22FN5O. The van der Waals surface area contributed by atoms with Crippen LogP contribution in [-0.4, -0.2) is 36.2 Å². The fourth-order valence-electron chi connectivity index (χ4n) is 4.49. The summed E-state index contributed by atoms with van der Waals surface area (Å²) < 4.78 is 13.6. The standard InChI is InChI=1S/C22H22FN5O/c1-12(13-3-2-4-15(23)7-13)27-18-14(8-24)5-6-16-17-20(28-19(16)18)22(9-25-10-22)11-26-21(17)29/h2-4,7-8,25,28H,1,5-6,9-11,24H2,(H,26,29)/b14-8-,27-18+. The summed E-state index contributed by atoms with van der Waals surface area (Å²) in [6, 6.07) is 6.20. The first-order valence-electron chi connectivity index (χ1n) is 9.72. The fraction of sp³-hybridized carbons (Fsp3) is 0.273. The number of aromatic amines is 1. The maximum atomic E-state index is 13.6. The zero-order valence-electron chi connectivity index (χ0n) is 15.9. The van der Waals surface area contributed by atoms with Crippen molar-refractivity contribution in [2.24, 2.45) is 10.7 Å². The van der Waals surface area contributed by atoms with Crippen molar-refractivity contribution in [3.63, 3.8) is 0 Å². The molecule has 1 aliphatic carbocycles. The van der Waals surface area contributed by atoms with Crippen LogP contribution >= 0.6 is 0 Å². The fourth-order valence-corrected chi connectivity index (χ4v) is 4.49. The summed E-state index contributed by atoms with van der Waals surface area (Å²) in [7, 11) is 0. The monoisotopic (exact) mass is 391 g/mol. The van der Waals surface area contributed by atoms with E-state index in [1.54, 1.807) is 18.3 Å². The molecule has 2 aliphatic heterocycles. The molecule has 5 N–H and O–H groups in total. The maximum absolute atomic E-state index is 13.6. The largest absolute Gasteiger partial charge is 0.404 e. The molecule has 7 heteroatoms. The van der Waals surface area contributed by atoms with Crippen LogP contribution in [0.1, 0.15) is 39.3 Å². The van der Waals surface area contributed by atoms with Gasteiger partial charge in [0.25, 0.3) is 5.91 Å². The van der Waals surface area contributed by atoms with Crippen LogP contribution in [-0.2, 0) is 11.8 Å². The maximum Gasteiger partial charge on any atom is 0.253 e. The molecule has 6 nitrogen and oxygen atoms in total. The van der Waals surface area contributed by atoms with E-state index >= 15 is 0 Å². The van der Waals surface area contributed by atoms with Gasteiger partial charge in [0.2, 0.25) is 0 Å². The van der Waals surface area contributed by atoms with E-state index < -0.39 is 0 Å². The molecule has 5 rings (SSSR count). The van der Waals surface area contributed by atoms with Crippen LogP contribution in [0.15, 0.2) is 47.6 Å². The zero-order chi connectivity index (χ0) is 20.2. The second-order valence-corrected chi connectivity index (χ2v) is 7.90. The molecule has 0 radical (unpaired) electrons. The lowest BCUT2D eigenvalue weighted by molar-refractivity contribution is 0.0905. The van der Waals surface area contributed by atoms with Crippen LogP contribution in [0.25, 0.3) is 5.70 Å². The lowest BCUT2D eigenvalue weighted by atomic mass is 9.74. The SMILES string of the molecule is C=C(/N=C1\C(=C/N)CCc2c1[nH]c1c2C(=O)NCC12CNC2)c1cccc(F)c1. The molecule has 1 saturated heterocycles. The summed E-state index contributed by atoms with van der Waals surface area (Å²) in [6.45, 7) is 6.29. The van der Waals surface area contributed by atoms with Crippen molar-refractivity contribution in [1.82, 2.24) is 15.6 Å². The van der Waals surface area contributed by atoms with Gasteiger partial charge < -0.3 is 21.4 Å². The Balaban J connectivity index is 1.65. The summed E-state index contributed by atoms with van der Waals surface area (Å²) in [5.41, 5.74) is 11.9. The van der Waals surface area contributed by atoms with Gasteiger partial charge in [0.15, 0.2) is 0 Å². The van der Waals surface area contributed by atoms with Crippen LogP contribution in [0.2, 0.25) is 0 Å². The first-order chi connectivity index (χ1) is 14.0. The average molecular weight is 391 g/mol. The number of hydrogen-bond acceptors (Lipinski definition) is 4. The average Bonchev–Trinajstić information content (AvgIpc) is 3.08. The van der Waals surface area contributed by atoms with Gasteiger partial charge in [-0.2, -0.15) is 0 Å². The number of allylic oxidation sites excluding steroid dienone is 1. The van der Waals surface area contributed by atoms with Crippen molar-refractivity contribution in [2.75, 3.05) is 19.6 Å². The molecule has 1 aromatic carbocycles. The Morgan fingerprint density at radius 3 is 2.79 bits per heavy atom. The van der Waals surface area contributed by atoms with Crippen molar-refractivity contribution >= 4 is 17.3 Å². The third-order valence-electron chi connectivity index (χ3n) is 6.17. The highest BCUT2D eigenvalue weighted by atomic mass is 19.1. The van der Waals surface area contributed by atoms with E-state index in [-0.39, 0.29) is 17.1 Å². The van der Waals surface area contributed by atoms with Crippen molar-refractivity contribution in [3.8, 4) is 0 Å². The normalized spacial score (nSPS) is 22.2. The van der Waals surface area contributed by atoms with E-state index in [0.717, 1.165) is 41.2 Å². The molecule has 2 aromatic rings. The molecule has 0 saturated carbocycles. The summed E-state index contributed by atoms with van der Waals surface area (Å²) in [5, 5.41) is 6.36. The molecule has 3 heterocycles. The van der Waals surface area contributed by atoms with Gasteiger partial charge in [0.05, 0.1) is 28.1 Å². The third-order valence-corrected chi connectivity index (χ3v) is 6.17. The van der Waals surface area contributed by atoms with Crippen LogP contribution in [0, 0.1) is 5.82 Å². The van der Waals surface area contributed by atoms with E-state index in [0.29, 0.717) is 36.4 Å². The van der Waals surface area contributed by atoms with Crippen molar-refractivity contribution in [3.05, 3.63) is 76.5 Å². The molecule has 1 amide bonds. The number of aromatic nitrogens is 1. The van der Waals surface area contributed by atoms with Crippen LogP contribution in [0.3, 0.4) is 0 Å². The number of H-pyrrole nitrogens is 1. The lowest BCUT2D eigenvalue weighted by Gasteiger charge is -2.45. The number of nitrogens with zero attached hydrogens (tertiary/aromatic N) is 1. The number of benzene rings is 1. The van der Waals surface area contributed by atoms with Crippen LogP contribution in [0.5, 0.6) is 0 Å². The molecule has 3 aliphatic rings. The molecule has 1 fully saturated rings. The molecule has 29 heavy (non-hydrogen) atoms. The number of carbonyl (C=O) groups excluding carboxylic acids is 1. The number of halogens is 1. The molecule has 148 valence electrons. The van der Waals surface area contributed by atoms with Crippen molar-refractivity contribution in [1.29, 1.82) is 0 Å². The quantitative estimate of drug-likeness (QED) is 0.631. The Labute approximate surface area is 167 Å². The summed E-state index contributed by atoms with van der Waals surface area (Å²) >= 11 is 0. The molecule has 0 unspecified atom stereocenters. The molecule has 0 atom stereocenters. The number of fused-ring (bicyclic) bond motifs is 4. The highest BCUT2D eigenvalue weighted by Crippen LogP contribution is 2.39. The zero-order valence-corrected chi connectivity index (χ0v) is 15.9. The van der Waals surface area contributed by atoms with Crippen LogP contribution < -0.4 is 16.4 Å². The predicted octanol–water partition coefficient (Wildman–Crippen LogP) is 1.99. The van der Waals surface area contributed by atoms with E-state index in [4.69, 9.17) is 10.7 Å². The highest BCUT2D eigenvalue weighted by molar-refractivity contribution is 6.17. The number of rotatable bonds is 2. The summed E-state index contributed by atoms with van der Waals surface area (Å²) in [5.74, 6) is -0.382. The second kappa shape index (κ2) is 6.42. The van der Waals surface area contributed by atoms with E-state index in [1.807, 2.05) is 0 Å². The third kappa shape index (κ3) is 2.65. The van der Waals surface area contributed by atoms with Gasteiger partial charge in [0.1, 0.15) is 5.82 Å². The van der Waals surface area contributed by atoms with Gasteiger partial charge in [0, 0.05) is 30.9 Å². The number of aliphatic imine (C=N–C) groups is 1. The van der Waals surface area contributed by atoms with Crippen LogP contribution in [0.4, 0.5) is 4.39 Å². The number of nitrogens with one attached hydrogen (secondary N) is 3. The van der Waals surface area contributed by atoms with Crippen molar-refractivity contribution < 1.29 is 9.18 Å². The number of nitrogens with two attached hydrogens (primary N) is 1. The van der Waals surface area contributed by atoms with Crippen molar-refractivity contribution in [2.45, 2.75) is 18.3 Å². The minimum Gasteiger partial charge on any atom is -0.404 e. The number of hydrogen-bond donors (Lipinski definition) is 4. The van der Waals surface area contributed by atoms with Gasteiger partial charge in [-0.25, -0.2) is 9.38 Å². The predicted molar refractivity (Wildman–Crippen MR) is 110 cm³/mol. The number of carbonyl (C=O) groups is 1. The van der Waals surface area contributed by atoms with E-state index in [9.17, 15) is 9.18 Å². The smallest absolute Gasteiger partial charge is 0.253 e. The summed E-state index contributed by atoms with van der Waals surface area (Å²) in [6.07, 6.45) is 2.95. The Morgan fingerprint density at radius 2 is 2.10 bits per heavy atom. The minimum absolute atomic E-state index is 0.0430.